The van der Waals surface area contributed by atoms with Gasteiger partial charge in [0, 0.05) is 25.0 Å². The maximum absolute atomic E-state index is 11.5. The minimum absolute atomic E-state index is 0.138. The normalized spacial score (nSPS) is 10.6. The van der Waals surface area contributed by atoms with Gasteiger partial charge in [-0.15, -0.1) is 0 Å². The maximum Gasteiger partial charge on any atom is 0.315 e. The highest BCUT2D eigenvalue weighted by Gasteiger charge is 2.02. The summed E-state index contributed by atoms with van der Waals surface area (Å²) in [6.07, 6.45) is 3.71. The molecule has 0 atom stereocenters. The lowest BCUT2D eigenvalue weighted by atomic mass is 10.1. The van der Waals surface area contributed by atoms with Crippen LogP contribution in [-0.2, 0) is 13.1 Å². The third-order valence-corrected chi connectivity index (χ3v) is 2.80. The molecule has 106 valence electrons. The lowest BCUT2D eigenvalue weighted by Crippen LogP contribution is -2.39. The molecule has 2 amide bonds. The molecule has 20 heavy (non-hydrogen) atoms. The van der Waals surface area contributed by atoms with Gasteiger partial charge in [-0.05, 0) is 31.0 Å². The van der Waals surface area contributed by atoms with E-state index in [0.29, 0.717) is 6.54 Å². The van der Waals surface area contributed by atoms with Crippen molar-refractivity contribution in [1.82, 2.24) is 20.4 Å². The molecule has 0 unspecified atom stereocenters. The van der Waals surface area contributed by atoms with Crippen molar-refractivity contribution in [2.75, 3.05) is 0 Å². The largest absolute Gasteiger partial charge is 0.336 e. The van der Waals surface area contributed by atoms with Crippen LogP contribution in [0.1, 0.15) is 25.0 Å². The molecule has 0 aliphatic carbocycles. The van der Waals surface area contributed by atoms with Crippen LogP contribution in [-0.4, -0.2) is 21.9 Å². The number of rotatable bonds is 5. The van der Waals surface area contributed by atoms with Gasteiger partial charge in [0.05, 0.1) is 6.54 Å². The first kappa shape index (κ1) is 14.1. The van der Waals surface area contributed by atoms with Gasteiger partial charge in [0.25, 0.3) is 0 Å². The third kappa shape index (κ3) is 4.42. The molecule has 2 N–H and O–H groups in total. The lowest BCUT2D eigenvalue weighted by Gasteiger charge is -2.10. The fourth-order valence-electron chi connectivity index (χ4n) is 1.84. The van der Waals surface area contributed by atoms with E-state index in [0.717, 1.165) is 12.1 Å². The number of nitrogens with zero attached hydrogens (tertiary/aromatic N) is 2. The van der Waals surface area contributed by atoms with Gasteiger partial charge in [0.2, 0.25) is 0 Å². The Bertz CT molecular complexity index is 532. The lowest BCUT2D eigenvalue weighted by molar-refractivity contribution is 0.238. The van der Waals surface area contributed by atoms with Gasteiger partial charge in [0.15, 0.2) is 0 Å². The molecule has 0 aliphatic heterocycles. The molecule has 0 aliphatic rings. The molecule has 0 fully saturated rings. The number of amides is 2. The zero-order valence-electron chi connectivity index (χ0n) is 11.8. The Kier molecular flexibility index (Phi) is 4.76. The SMILES string of the molecule is CC(C)NC(=O)NCc1ccc(Cn2cccn2)cc1. The highest BCUT2D eigenvalue weighted by atomic mass is 16.2. The first-order valence-electron chi connectivity index (χ1n) is 6.73. The highest BCUT2D eigenvalue weighted by molar-refractivity contribution is 5.74. The van der Waals surface area contributed by atoms with Crippen molar-refractivity contribution in [3.8, 4) is 0 Å². The second-order valence-electron chi connectivity index (χ2n) is 5.00. The first-order valence-corrected chi connectivity index (χ1v) is 6.73. The molecule has 1 aromatic heterocycles. The number of nitrogens with one attached hydrogen (secondary N) is 2. The van der Waals surface area contributed by atoms with Gasteiger partial charge in [-0.25, -0.2) is 4.79 Å². The fourth-order valence-corrected chi connectivity index (χ4v) is 1.84. The van der Waals surface area contributed by atoms with Gasteiger partial charge >= 0.3 is 6.03 Å². The van der Waals surface area contributed by atoms with Crippen molar-refractivity contribution in [2.45, 2.75) is 33.0 Å². The van der Waals surface area contributed by atoms with Crippen molar-refractivity contribution in [1.29, 1.82) is 0 Å². The number of urea groups is 1. The van der Waals surface area contributed by atoms with Crippen LogP contribution in [0.5, 0.6) is 0 Å². The van der Waals surface area contributed by atoms with Crippen LogP contribution in [0.25, 0.3) is 0 Å². The fraction of sp³-hybridized carbons (Fsp3) is 0.333. The summed E-state index contributed by atoms with van der Waals surface area (Å²) in [5.41, 5.74) is 2.26. The molecule has 5 heteroatoms. The summed E-state index contributed by atoms with van der Waals surface area (Å²) in [6, 6.07) is 10.1. The van der Waals surface area contributed by atoms with E-state index in [-0.39, 0.29) is 12.1 Å². The van der Waals surface area contributed by atoms with Crippen molar-refractivity contribution in [3.63, 3.8) is 0 Å². The van der Waals surface area contributed by atoms with Gasteiger partial charge < -0.3 is 10.6 Å². The molecule has 5 nitrogen and oxygen atoms in total. The number of hydrogen-bond acceptors (Lipinski definition) is 2. The summed E-state index contributed by atoms with van der Waals surface area (Å²) in [4.78, 5) is 11.5. The van der Waals surface area contributed by atoms with Crippen molar-refractivity contribution < 1.29 is 4.79 Å². The smallest absolute Gasteiger partial charge is 0.315 e. The summed E-state index contributed by atoms with van der Waals surface area (Å²) < 4.78 is 1.88. The van der Waals surface area contributed by atoms with E-state index in [1.165, 1.54) is 5.56 Å². The van der Waals surface area contributed by atoms with Crippen LogP contribution >= 0.6 is 0 Å². The number of hydrogen-bond donors (Lipinski definition) is 2. The van der Waals surface area contributed by atoms with Crippen LogP contribution in [0.3, 0.4) is 0 Å². The first-order chi connectivity index (χ1) is 9.63. The van der Waals surface area contributed by atoms with Crippen molar-refractivity contribution >= 4 is 6.03 Å². The van der Waals surface area contributed by atoms with Crippen LogP contribution in [0.4, 0.5) is 4.79 Å². The molecule has 0 spiro atoms. The Morgan fingerprint density at radius 2 is 1.95 bits per heavy atom. The highest BCUT2D eigenvalue weighted by Crippen LogP contribution is 2.06. The summed E-state index contributed by atoms with van der Waals surface area (Å²) >= 11 is 0. The zero-order valence-corrected chi connectivity index (χ0v) is 11.8. The maximum atomic E-state index is 11.5. The standard InChI is InChI=1S/C15H20N4O/c1-12(2)18-15(20)16-10-13-4-6-14(7-5-13)11-19-9-3-8-17-19/h3-9,12H,10-11H2,1-2H3,(H2,16,18,20). The van der Waals surface area contributed by atoms with Gasteiger partial charge in [-0.3, -0.25) is 4.68 Å². The van der Waals surface area contributed by atoms with Crippen LogP contribution in [0.15, 0.2) is 42.7 Å². The zero-order chi connectivity index (χ0) is 14.4. The molecule has 0 bridgehead atoms. The molecular formula is C15H20N4O. The molecule has 0 saturated carbocycles. The minimum atomic E-state index is -0.138. The predicted octanol–water partition coefficient (Wildman–Crippen LogP) is 2.14. The van der Waals surface area contributed by atoms with E-state index in [9.17, 15) is 4.79 Å². The Balaban J connectivity index is 1.84. The Morgan fingerprint density at radius 1 is 1.25 bits per heavy atom. The number of benzene rings is 1. The summed E-state index contributed by atoms with van der Waals surface area (Å²) in [5.74, 6) is 0. The van der Waals surface area contributed by atoms with Crippen LogP contribution < -0.4 is 10.6 Å². The second kappa shape index (κ2) is 6.75. The summed E-state index contributed by atoms with van der Waals surface area (Å²) in [7, 11) is 0. The monoisotopic (exact) mass is 272 g/mol. The molecule has 2 rings (SSSR count). The van der Waals surface area contributed by atoms with Crippen LogP contribution in [0.2, 0.25) is 0 Å². The molecule has 2 aromatic rings. The average molecular weight is 272 g/mol. The van der Waals surface area contributed by atoms with Crippen molar-refractivity contribution in [2.24, 2.45) is 0 Å². The predicted molar refractivity (Wildman–Crippen MR) is 78.3 cm³/mol. The number of aromatic nitrogens is 2. The number of carbonyl (C=O) groups excluding carboxylic acids is 1. The molecule has 1 heterocycles. The summed E-state index contributed by atoms with van der Waals surface area (Å²) in [6.45, 7) is 5.16. The molecule has 0 saturated heterocycles. The summed E-state index contributed by atoms with van der Waals surface area (Å²) in [5, 5.41) is 9.79. The molecule has 0 radical (unpaired) electrons. The second-order valence-corrected chi connectivity index (χ2v) is 5.00. The van der Waals surface area contributed by atoms with E-state index in [1.807, 2.05) is 42.9 Å². The van der Waals surface area contributed by atoms with E-state index < -0.39 is 0 Å². The van der Waals surface area contributed by atoms with Gasteiger partial charge in [-0.2, -0.15) is 5.10 Å². The Morgan fingerprint density at radius 3 is 2.55 bits per heavy atom. The van der Waals surface area contributed by atoms with E-state index in [1.54, 1.807) is 6.20 Å². The third-order valence-electron chi connectivity index (χ3n) is 2.80. The van der Waals surface area contributed by atoms with E-state index >= 15 is 0 Å². The number of carbonyl (C=O) groups is 1. The average Bonchev–Trinajstić information content (AvgIpc) is 2.90. The minimum Gasteiger partial charge on any atom is -0.336 e. The topological polar surface area (TPSA) is 59.0 Å². The van der Waals surface area contributed by atoms with E-state index in [2.05, 4.69) is 27.9 Å². The van der Waals surface area contributed by atoms with Crippen molar-refractivity contribution in [3.05, 3.63) is 53.9 Å². The quantitative estimate of drug-likeness (QED) is 0.876. The van der Waals surface area contributed by atoms with E-state index in [4.69, 9.17) is 0 Å². The molecule has 1 aromatic carbocycles. The van der Waals surface area contributed by atoms with Crippen LogP contribution in [0, 0.1) is 0 Å². The van der Waals surface area contributed by atoms with Gasteiger partial charge in [-0.1, -0.05) is 24.3 Å². The Hall–Kier alpha value is -2.30. The van der Waals surface area contributed by atoms with Gasteiger partial charge in [0.1, 0.15) is 0 Å². The Labute approximate surface area is 119 Å². The molecular weight excluding hydrogens is 252 g/mol.